The van der Waals surface area contributed by atoms with Gasteiger partial charge in [0.05, 0.1) is 5.52 Å². The molecule has 3 N–H and O–H groups in total. The molecule has 0 fully saturated rings. The number of nitrogen functional groups attached to an aromatic ring is 1. The Balaban J connectivity index is 2.25. The normalized spacial score (nSPS) is 11.1. The minimum atomic E-state index is -1.11. The molecule has 0 radical (unpaired) electrons. The molecule has 1 amide bonds. The zero-order valence-corrected chi connectivity index (χ0v) is 15.6. The number of fused-ring (bicyclic) bond motifs is 1. The van der Waals surface area contributed by atoms with E-state index >= 15 is 0 Å². The maximum Gasteiger partial charge on any atom is 0.274 e. The topological polar surface area (TPSA) is 110 Å². The number of nitrogens with zero attached hydrogens (tertiary/aromatic N) is 5. The van der Waals surface area contributed by atoms with Crippen LogP contribution in [-0.4, -0.2) is 55.4 Å². The van der Waals surface area contributed by atoms with Crippen LogP contribution in [0.1, 0.15) is 29.9 Å². The number of hydrogen-bond acceptors (Lipinski definition) is 6. The van der Waals surface area contributed by atoms with E-state index in [-0.39, 0.29) is 11.9 Å². The Kier molecular flexibility index (Phi) is 4.56. The van der Waals surface area contributed by atoms with E-state index in [1.165, 1.54) is 11.1 Å². The molecule has 2 heterocycles. The molecule has 1 aromatic carbocycles. The SMILES string of the molecule is CN(C)C(=O)c1nn(-c2ccnc(N)n2)c2cc(C#CC(C)(C)O)ccc12. The van der Waals surface area contributed by atoms with Gasteiger partial charge in [-0.1, -0.05) is 11.8 Å². The van der Waals surface area contributed by atoms with Gasteiger partial charge in [-0.05, 0) is 32.0 Å². The van der Waals surface area contributed by atoms with Crippen molar-refractivity contribution in [3.63, 3.8) is 0 Å². The Morgan fingerprint density at radius 1 is 1.30 bits per heavy atom. The fourth-order valence-electron chi connectivity index (χ4n) is 2.44. The van der Waals surface area contributed by atoms with Crippen LogP contribution < -0.4 is 5.73 Å². The van der Waals surface area contributed by atoms with Crippen molar-refractivity contribution in [1.29, 1.82) is 0 Å². The molecule has 0 unspecified atom stereocenters. The molecule has 3 aromatic rings. The third kappa shape index (κ3) is 3.88. The zero-order chi connectivity index (χ0) is 19.8. The summed E-state index contributed by atoms with van der Waals surface area (Å²) in [5.74, 6) is 6.03. The van der Waals surface area contributed by atoms with Gasteiger partial charge in [0.25, 0.3) is 5.91 Å². The van der Waals surface area contributed by atoms with Crippen molar-refractivity contribution in [1.82, 2.24) is 24.6 Å². The predicted molar refractivity (Wildman–Crippen MR) is 102 cm³/mol. The van der Waals surface area contributed by atoms with Crippen LogP contribution in [0.25, 0.3) is 16.7 Å². The largest absolute Gasteiger partial charge is 0.378 e. The Morgan fingerprint density at radius 2 is 2.04 bits per heavy atom. The van der Waals surface area contributed by atoms with Crippen LogP contribution in [0.15, 0.2) is 30.5 Å². The Morgan fingerprint density at radius 3 is 2.67 bits per heavy atom. The molecule has 0 aliphatic heterocycles. The summed E-state index contributed by atoms with van der Waals surface area (Å²) in [7, 11) is 3.33. The van der Waals surface area contributed by atoms with Crippen molar-refractivity contribution >= 4 is 22.8 Å². The van der Waals surface area contributed by atoms with Gasteiger partial charge in [0, 0.05) is 37.3 Å². The highest BCUT2D eigenvalue weighted by Gasteiger charge is 2.20. The summed E-state index contributed by atoms with van der Waals surface area (Å²) in [6.45, 7) is 3.22. The smallest absolute Gasteiger partial charge is 0.274 e. The number of anilines is 1. The monoisotopic (exact) mass is 364 g/mol. The van der Waals surface area contributed by atoms with Crippen LogP contribution in [0, 0.1) is 11.8 Å². The van der Waals surface area contributed by atoms with Crippen LogP contribution >= 0.6 is 0 Å². The summed E-state index contributed by atoms with van der Waals surface area (Å²) in [4.78, 5) is 22.1. The van der Waals surface area contributed by atoms with Crippen LogP contribution in [-0.2, 0) is 0 Å². The summed E-state index contributed by atoms with van der Waals surface area (Å²) < 4.78 is 1.54. The highest BCUT2D eigenvalue weighted by Crippen LogP contribution is 2.24. The van der Waals surface area contributed by atoms with Gasteiger partial charge in [-0.3, -0.25) is 4.79 Å². The van der Waals surface area contributed by atoms with Crippen molar-refractivity contribution in [2.45, 2.75) is 19.4 Å². The standard InChI is InChI=1S/C19H20N6O2/c1-19(2,27)9-7-12-5-6-13-14(11-12)25(15-8-10-21-18(20)22-15)23-16(13)17(26)24(3)4/h5-6,8,10-11,27H,1-4H3,(H2,20,21,22). The summed E-state index contributed by atoms with van der Waals surface area (Å²) in [5, 5.41) is 14.9. The molecule has 0 atom stereocenters. The molecule has 0 saturated heterocycles. The fourth-order valence-corrected chi connectivity index (χ4v) is 2.44. The summed E-state index contributed by atoms with van der Waals surface area (Å²) in [5.41, 5.74) is 6.21. The minimum absolute atomic E-state index is 0.106. The average Bonchev–Trinajstić information content (AvgIpc) is 2.97. The average molecular weight is 364 g/mol. The molecular formula is C19H20N6O2. The highest BCUT2D eigenvalue weighted by molar-refractivity contribution is 6.05. The first kappa shape index (κ1) is 18.4. The van der Waals surface area contributed by atoms with Crippen LogP contribution in [0.2, 0.25) is 0 Å². The third-order valence-corrected chi connectivity index (χ3v) is 3.68. The van der Waals surface area contributed by atoms with Crippen LogP contribution in [0.4, 0.5) is 5.95 Å². The molecule has 8 heteroatoms. The predicted octanol–water partition coefficient (Wildman–Crippen LogP) is 1.22. The van der Waals surface area contributed by atoms with E-state index < -0.39 is 5.60 Å². The lowest BCUT2D eigenvalue weighted by molar-refractivity contribution is 0.0823. The van der Waals surface area contributed by atoms with E-state index in [1.54, 1.807) is 56.9 Å². The molecule has 27 heavy (non-hydrogen) atoms. The molecule has 0 spiro atoms. The van der Waals surface area contributed by atoms with Gasteiger partial charge in [-0.15, -0.1) is 0 Å². The molecule has 0 bridgehead atoms. The Bertz CT molecular complexity index is 1080. The quantitative estimate of drug-likeness (QED) is 0.662. The lowest BCUT2D eigenvalue weighted by Crippen LogP contribution is -2.22. The first-order valence-electron chi connectivity index (χ1n) is 8.24. The van der Waals surface area contributed by atoms with Crippen molar-refractivity contribution in [2.75, 3.05) is 19.8 Å². The van der Waals surface area contributed by atoms with Gasteiger partial charge in [-0.2, -0.15) is 10.1 Å². The van der Waals surface area contributed by atoms with Gasteiger partial charge in [0.15, 0.2) is 11.5 Å². The number of carbonyl (C=O) groups is 1. The number of aromatic nitrogens is 4. The van der Waals surface area contributed by atoms with Crippen molar-refractivity contribution in [2.24, 2.45) is 0 Å². The van der Waals surface area contributed by atoms with Gasteiger partial charge in [0.1, 0.15) is 5.60 Å². The summed E-state index contributed by atoms with van der Waals surface area (Å²) in [6, 6.07) is 7.02. The third-order valence-electron chi connectivity index (χ3n) is 3.68. The molecule has 8 nitrogen and oxygen atoms in total. The second-order valence-corrected chi connectivity index (χ2v) is 6.77. The van der Waals surface area contributed by atoms with E-state index in [4.69, 9.17) is 5.73 Å². The zero-order valence-electron chi connectivity index (χ0n) is 15.6. The van der Waals surface area contributed by atoms with Crippen LogP contribution in [0.5, 0.6) is 0 Å². The number of aliphatic hydroxyl groups is 1. The fraction of sp³-hybridized carbons (Fsp3) is 0.263. The van der Waals surface area contributed by atoms with Crippen molar-refractivity contribution < 1.29 is 9.90 Å². The van der Waals surface area contributed by atoms with Crippen molar-refractivity contribution in [3.8, 4) is 17.7 Å². The lowest BCUT2D eigenvalue weighted by Gasteiger charge is -2.07. The maximum atomic E-state index is 12.5. The molecule has 0 saturated carbocycles. The summed E-state index contributed by atoms with van der Waals surface area (Å²) in [6.07, 6.45) is 1.52. The van der Waals surface area contributed by atoms with Gasteiger partial charge >= 0.3 is 0 Å². The number of carbonyl (C=O) groups excluding carboxylic acids is 1. The van der Waals surface area contributed by atoms with E-state index in [9.17, 15) is 9.90 Å². The first-order valence-corrected chi connectivity index (χ1v) is 8.24. The number of rotatable bonds is 2. The maximum absolute atomic E-state index is 12.5. The van der Waals surface area contributed by atoms with E-state index in [0.29, 0.717) is 28.0 Å². The van der Waals surface area contributed by atoms with Gasteiger partial charge in [0.2, 0.25) is 5.95 Å². The Hall–Kier alpha value is -3.44. The van der Waals surface area contributed by atoms with E-state index in [1.807, 2.05) is 0 Å². The van der Waals surface area contributed by atoms with Crippen molar-refractivity contribution in [3.05, 3.63) is 41.7 Å². The van der Waals surface area contributed by atoms with Gasteiger partial charge in [-0.25, -0.2) is 9.67 Å². The molecular weight excluding hydrogens is 344 g/mol. The molecule has 0 aliphatic carbocycles. The lowest BCUT2D eigenvalue weighted by atomic mass is 10.1. The minimum Gasteiger partial charge on any atom is -0.378 e. The Labute approximate surface area is 156 Å². The number of benzene rings is 1. The van der Waals surface area contributed by atoms with E-state index in [0.717, 1.165) is 0 Å². The molecule has 138 valence electrons. The number of nitrogens with two attached hydrogens (primary N) is 1. The number of amides is 1. The first-order chi connectivity index (χ1) is 12.7. The second-order valence-electron chi connectivity index (χ2n) is 6.77. The van der Waals surface area contributed by atoms with Crippen LogP contribution in [0.3, 0.4) is 0 Å². The molecule has 0 aliphatic rings. The van der Waals surface area contributed by atoms with E-state index in [2.05, 4.69) is 26.9 Å². The molecule has 3 rings (SSSR count). The van der Waals surface area contributed by atoms with Gasteiger partial charge < -0.3 is 15.7 Å². The summed E-state index contributed by atoms with van der Waals surface area (Å²) >= 11 is 0. The molecule has 2 aromatic heterocycles. The number of hydrogen-bond donors (Lipinski definition) is 2. The second kappa shape index (κ2) is 6.70. The highest BCUT2D eigenvalue weighted by atomic mass is 16.3.